The van der Waals surface area contributed by atoms with Gasteiger partial charge in [0.25, 0.3) is 5.91 Å². The molecule has 2 aromatic carbocycles. The smallest absolute Gasteiger partial charge is 0.277 e. The van der Waals surface area contributed by atoms with Crippen LogP contribution in [0.4, 0.5) is 0 Å². The highest BCUT2D eigenvalue weighted by Gasteiger charge is 2.02. The average Bonchev–Trinajstić information content (AvgIpc) is 2.53. The number of amides is 1. The molecule has 5 nitrogen and oxygen atoms in total. The minimum atomic E-state index is -0.324. The number of hydrazone groups is 1. The number of ether oxygens (including phenoxy) is 2. The highest BCUT2D eigenvalue weighted by molar-refractivity contribution is 9.10. The van der Waals surface area contributed by atoms with Crippen molar-refractivity contribution in [3.8, 4) is 11.5 Å². The van der Waals surface area contributed by atoms with Crippen molar-refractivity contribution in [3.05, 3.63) is 58.1 Å². The maximum atomic E-state index is 11.7. The van der Waals surface area contributed by atoms with Crippen LogP contribution < -0.4 is 14.9 Å². The van der Waals surface area contributed by atoms with Gasteiger partial charge in [0.2, 0.25) is 0 Å². The van der Waals surface area contributed by atoms with Crippen LogP contribution in [-0.4, -0.2) is 25.8 Å². The van der Waals surface area contributed by atoms with Crippen molar-refractivity contribution in [2.45, 2.75) is 6.92 Å². The third kappa shape index (κ3) is 5.41. The summed E-state index contributed by atoms with van der Waals surface area (Å²) >= 11 is 3.39. The van der Waals surface area contributed by atoms with E-state index in [2.05, 4.69) is 26.5 Å². The molecule has 1 amide bonds. The Morgan fingerprint density at radius 2 is 2.13 bits per heavy atom. The largest absolute Gasteiger partial charge is 0.496 e. The Hall–Kier alpha value is -2.34. The van der Waals surface area contributed by atoms with E-state index in [1.165, 1.54) is 0 Å². The molecule has 0 bridgehead atoms. The van der Waals surface area contributed by atoms with Crippen molar-refractivity contribution >= 4 is 28.1 Å². The number of hydrogen-bond acceptors (Lipinski definition) is 4. The van der Waals surface area contributed by atoms with E-state index in [0.29, 0.717) is 5.75 Å². The molecule has 0 aromatic heterocycles. The lowest BCUT2D eigenvalue weighted by Crippen LogP contribution is -2.24. The van der Waals surface area contributed by atoms with Gasteiger partial charge in [-0.05, 0) is 64.3 Å². The third-order valence-corrected chi connectivity index (χ3v) is 3.56. The molecule has 120 valence electrons. The molecule has 0 saturated carbocycles. The van der Waals surface area contributed by atoms with E-state index in [9.17, 15) is 4.79 Å². The van der Waals surface area contributed by atoms with E-state index < -0.39 is 0 Å². The maximum absolute atomic E-state index is 11.7. The lowest BCUT2D eigenvalue weighted by molar-refractivity contribution is -0.123. The molecule has 0 heterocycles. The van der Waals surface area contributed by atoms with Crippen molar-refractivity contribution in [2.75, 3.05) is 13.7 Å². The van der Waals surface area contributed by atoms with Crippen LogP contribution in [0.2, 0.25) is 0 Å². The second-order valence-electron chi connectivity index (χ2n) is 4.79. The first-order valence-corrected chi connectivity index (χ1v) is 7.72. The first-order chi connectivity index (χ1) is 11.1. The predicted octanol–water partition coefficient (Wildman–Crippen LogP) is 3.30. The maximum Gasteiger partial charge on any atom is 0.277 e. The molecule has 0 spiro atoms. The standard InChI is InChI=1S/C17H17BrN2O3/c1-12-4-3-5-14(8-12)23-11-17(21)20-19-10-13-6-7-16(22-2)15(18)9-13/h3-10H,11H2,1-2H3,(H,20,21)/b19-10+. The van der Waals surface area contributed by atoms with Crippen LogP contribution in [-0.2, 0) is 4.79 Å². The molecule has 1 N–H and O–H groups in total. The van der Waals surface area contributed by atoms with Crippen molar-refractivity contribution < 1.29 is 14.3 Å². The number of methoxy groups -OCH3 is 1. The van der Waals surface area contributed by atoms with Gasteiger partial charge in [0.15, 0.2) is 6.61 Å². The fourth-order valence-electron chi connectivity index (χ4n) is 1.83. The van der Waals surface area contributed by atoms with Gasteiger partial charge in [-0.3, -0.25) is 4.79 Å². The number of nitrogens with one attached hydrogen (secondary N) is 1. The molecule has 2 rings (SSSR count). The Kier molecular flexibility index (Phi) is 6.17. The Bertz CT molecular complexity index is 717. The van der Waals surface area contributed by atoms with Crippen LogP contribution >= 0.6 is 15.9 Å². The molecule has 0 aliphatic heterocycles. The van der Waals surface area contributed by atoms with Gasteiger partial charge in [0.1, 0.15) is 11.5 Å². The average molecular weight is 377 g/mol. The minimum absolute atomic E-state index is 0.0902. The molecule has 0 aliphatic carbocycles. The van der Waals surface area contributed by atoms with Crippen molar-refractivity contribution in [1.82, 2.24) is 5.43 Å². The van der Waals surface area contributed by atoms with E-state index >= 15 is 0 Å². The van der Waals surface area contributed by atoms with Gasteiger partial charge in [-0.25, -0.2) is 5.43 Å². The first-order valence-electron chi connectivity index (χ1n) is 6.93. The van der Waals surface area contributed by atoms with Crippen LogP contribution in [0.3, 0.4) is 0 Å². The van der Waals surface area contributed by atoms with Gasteiger partial charge < -0.3 is 9.47 Å². The van der Waals surface area contributed by atoms with Gasteiger partial charge >= 0.3 is 0 Å². The van der Waals surface area contributed by atoms with E-state index in [4.69, 9.17) is 9.47 Å². The summed E-state index contributed by atoms with van der Waals surface area (Å²) in [5.74, 6) is 1.07. The second kappa shape index (κ2) is 8.33. The minimum Gasteiger partial charge on any atom is -0.496 e. The lowest BCUT2D eigenvalue weighted by Gasteiger charge is -2.05. The van der Waals surface area contributed by atoms with Crippen LogP contribution in [0.5, 0.6) is 11.5 Å². The van der Waals surface area contributed by atoms with Crippen molar-refractivity contribution in [2.24, 2.45) is 5.10 Å². The Labute approximate surface area is 143 Å². The highest BCUT2D eigenvalue weighted by Crippen LogP contribution is 2.24. The fraction of sp³-hybridized carbons (Fsp3) is 0.176. The zero-order valence-electron chi connectivity index (χ0n) is 12.9. The van der Waals surface area contributed by atoms with Crippen molar-refractivity contribution in [3.63, 3.8) is 0 Å². The number of carbonyl (C=O) groups excluding carboxylic acids is 1. The topological polar surface area (TPSA) is 59.9 Å². The predicted molar refractivity (Wildman–Crippen MR) is 93.1 cm³/mol. The molecule has 0 aliphatic rings. The SMILES string of the molecule is COc1ccc(/C=N/NC(=O)COc2cccc(C)c2)cc1Br. The first kappa shape index (κ1) is 17.0. The second-order valence-corrected chi connectivity index (χ2v) is 5.65. The quantitative estimate of drug-likeness (QED) is 0.621. The number of rotatable bonds is 6. The molecular weight excluding hydrogens is 360 g/mol. The van der Waals surface area contributed by atoms with Gasteiger partial charge in [-0.15, -0.1) is 0 Å². The molecule has 0 radical (unpaired) electrons. The molecule has 23 heavy (non-hydrogen) atoms. The summed E-state index contributed by atoms with van der Waals surface area (Å²) in [6.07, 6.45) is 1.55. The monoisotopic (exact) mass is 376 g/mol. The molecule has 0 saturated heterocycles. The molecule has 0 atom stereocenters. The van der Waals surface area contributed by atoms with Crippen LogP contribution in [0.15, 0.2) is 52.0 Å². The van der Waals surface area contributed by atoms with Gasteiger partial charge in [-0.2, -0.15) is 5.10 Å². The van der Waals surface area contributed by atoms with E-state index in [-0.39, 0.29) is 12.5 Å². The summed E-state index contributed by atoms with van der Waals surface area (Å²) in [6.45, 7) is 1.87. The summed E-state index contributed by atoms with van der Waals surface area (Å²) in [5, 5.41) is 3.90. The van der Waals surface area contributed by atoms with Crippen LogP contribution in [0, 0.1) is 6.92 Å². The van der Waals surface area contributed by atoms with Gasteiger partial charge in [-0.1, -0.05) is 12.1 Å². The summed E-state index contributed by atoms with van der Waals surface area (Å²) in [7, 11) is 1.60. The normalized spacial score (nSPS) is 10.6. The zero-order valence-corrected chi connectivity index (χ0v) is 14.5. The number of carbonyl (C=O) groups is 1. The van der Waals surface area contributed by atoms with Gasteiger partial charge in [0.05, 0.1) is 17.8 Å². The third-order valence-electron chi connectivity index (χ3n) is 2.94. The number of benzene rings is 2. The number of aryl methyl sites for hydroxylation is 1. The number of nitrogens with zero attached hydrogens (tertiary/aromatic N) is 1. The van der Waals surface area contributed by atoms with Gasteiger partial charge in [0, 0.05) is 0 Å². The summed E-state index contributed by atoms with van der Waals surface area (Å²) < 4.78 is 11.4. The zero-order chi connectivity index (χ0) is 16.7. The highest BCUT2D eigenvalue weighted by atomic mass is 79.9. The molecule has 6 heteroatoms. The van der Waals surface area contributed by atoms with E-state index in [0.717, 1.165) is 21.3 Å². The Morgan fingerprint density at radius 3 is 2.83 bits per heavy atom. The fourth-order valence-corrected chi connectivity index (χ4v) is 2.39. The van der Waals surface area contributed by atoms with Crippen LogP contribution in [0.1, 0.15) is 11.1 Å². The summed E-state index contributed by atoms with van der Waals surface area (Å²) in [5.41, 5.74) is 4.33. The van der Waals surface area contributed by atoms with E-state index in [1.807, 2.05) is 43.3 Å². The summed E-state index contributed by atoms with van der Waals surface area (Å²) in [6, 6.07) is 13.0. The molecule has 0 fully saturated rings. The molecule has 2 aromatic rings. The Balaban J connectivity index is 1.83. The lowest BCUT2D eigenvalue weighted by atomic mass is 10.2. The summed E-state index contributed by atoms with van der Waals surface area (Å²) in [4.78, 5) is 11.7. The number of hydrogen-bond donors (Lipinski definition) is 1. The molecule has 0 unspecified atom stereocenters. The van der Waals surface area contributed by atoms with E-state index in [1.54, 1.807) is 19.4 Å². The van der Waals surface area contributed by atoms with Crippen LogP contribution in [0.25, 0.3) is 0 Å². The molecular formula is C17H17BrN2O3. The Morgan fingerprint density at radius 1 is 1.30 bits per heavy atom. The number of halogens is 1. The van der Waals surface area contributed by atoms with Crippen molar-refractivity contribution in [1.29, 1.82) is 0 Å².